The van der Waals surface area contributed by atoms with E-state index in [4.69, 9.17) is 0 Å². The molecule has 0 atom stereocenters. The van der Waals surface area contributed by atoms with Gasteiger partial charge in [0.1, 0.15) is 18.0 Å². The lowest BCUT2D eigenvalue weighted by molar-refractivity contribution is -0.138. The van der Waals surface area contributed by atoms with E-state index in [0.29, 0.717) is 24.4 Å². The number of rotatable bonds is 6. The normalized spacial score (nSPS) is 12.1. The van der Waals surface area contributed by atoms with Crippen LogP contribution in [0.4, 0.5) is 17.6 Å². The van der Waals surface area contributed by atoms with Crippen molar-refractivity contribution in [2.45, 2.75) is 26.2 Å². The standard InChI is InChI=1S/C20H20F4N6/c1-2-26-19(29-12-15-3-4-16(21)10-17(15)20(22,23)24)28-11-14-5-6-27-18(9-14)30-8-7-25-13-30/h3-10,13H,2,11-12H2,1H3,(H2,26,28,29). The highest BCUT2D eigenvalue weighted by Gasteiger charge is 2.33. The Balaban J connectivity index is 1.73. The first-order valence-corrected chi connectivity index (χ1v) is 9.18. The first-order valence-electron chi connectivity index (χ1n) is 9.18. The molecule has 158 valence electrons. The Kier molecular flexibility index (Phi) is 6.65. The van der Waals surface area contributed by atoms with Crippen molar-refractivity contribution >= 4 is 5.96 Å². The maximum Gasteiger partial charge on any atom is 0.416 e. The molecule has 0 unspecified atom stereocenters. The van der Waals surface area contributed by atoms with Crippen LogP contribution in [-0.4, -0.2) is 27.0 Å². The van der Waals surface area contributed by atoms with Gasteiger partial charge in [-0.15, -0.1) is 0 Å². The Labute approximate surface area is 170 Å². The summed E-state index contributed by atoms with van der Waals surface area (Å²) in [6, 6.07) is 6.27. The van der Waals surface area contributed by atoms with Crippen molar-refractivity contribution in [2.24, 2.45) is 4.99 Å². The molecule has 30 heavy (non-hydrogen) atoms. The van der Waals surface area contributed by atoms with Gasteiger partial charge >= 0.3 is 6.18 Å². The van der Waals surface area contributed by atoms with Gasteiger partial charge in [0.25, 0.3) is 0 Å². The minimum absolute atomic E-state index is 0.0687. The fourth-order valence-electron chi connectivity index (χ4n) is 2.75. The van der Waals surface area contributed by atoms with Crippen molar-refractivity contribution in [2.75, 3.05) is 6.54 Å². The van der Waals surface area contributed by atoms with Gasteiger partial charge in [0.15, 0.2) is 5.96 Å². The quantitative estimate of drug-likeness (QED) is 0.363. The average Bonchev–Trinajstić information content (AvgIpc) is 3.25. The minimum atomic E-state index is -4.64. The lowest BCUT2D eigenvalue weighted by atomic mass is 10.1. The third kappa shape index (κ3) is 5.56. The second-order valence-corrected chi connectivity index (χ2v) is 6.34. The molecule has 1 aromatic carbocycles. The molecular weight excluding hydrogens is 400 g/mol. The number of nitrogens with one attached hydrogen (secondary N) is 2. The highest BCUT2D eigenvalue weighted by Crippen LogP contribution is 2.32. The summed E-state index contributed by atoms with van der Waals surface area (Å²) in [6.07, 6.45) is 2.04. The summed E-state index contributed by atoms with van der Waals surface area (Å²) in [5.74, 6) is 0.0910. The van der Waals surface area contributed by atoms with E-state index in [1.807, 2.05) is 13.0 Å². The molecule has 0 radical (unpaired) electrons. The van der Waals surface area contributed by atoms with E-state index in [9.17, 15) is 17.6 Å². The summed E-state index contributed by atoms with van der Waals surface area (Å²) in [5.41, 5.74) is -0.213. The van der Waals surface area contributed by atoms with Crippen molar-refractivity contribution in [1.29, 1.82) is 0 Å². The second kappa shape index (κ2) is 9.38. The summed E-state index contributed by atoms with van der Waals surface area (Å²) in [7, 11) is 0. The van der Waals surface area contributed by atoms with Crippen LogP contribution in [-0.2, 0) is 19.3 Å². The van der Waals surface area contributed by atoms with Gasteiger partial charge in [-0.2, -0.15) is 13.2 Å². The predicted octanol–water partition coefficient (Wildman–Crippen LogP) is 3.68. The first kappa shape index (κ1) is 21.3. The van der Waals surface area contributed by atoms with Gasteiger partial charge in [0, 0.05) is 31.7 Å². The molecule has 10 heteroatoms. The molecule has 2 heterocycles. The van der Waals surface area contributed by atoms with Gasteiger partial charge in [0.05, 0.1) is 12.1 Å². The fraction of sp³-hybridized carbons (Fsp3) is 0.250. The largest absolute Gasteiger partial charge is 0.416 e. The van der Waals surface area contributed by atoms with E-state index in [-0.39, 0.29) is 18.7 Å². The number of aromatic nitrogens is 3. The number of pyridine rings is 1. The van der Waals surface area contributed by atoms with Crippen LogP contribution in [0.15, 0.2) is 60.2 Å². The number of halogens is 4. The van der Waals surface area contributed by atoms with Crippen LogP contribution >= 0.6 is 0 Å². The Morgan fingerprint density at radius 2 is 1.97 bits per heavy atom. The Hall–Kier alpha value is -3.43. The lowest BCUT2D eigenvalue weighted by Gasteiger charge is -2.16. The molecule has 6 nitrogen and oxygen atoms in total. The van der Waals surface area contributed by atoms with Gasteiger partial charge in [-0.05, 0) is 42.3 Å². The van der Waals surface area contributed by atoms with Crippen LogP contribution in [0.3, 0.4) is 0 Å². The Bertz CT molecular complexity index is 999. The number of benzene rings is 1. The summed E-state index contributed by atoms with van der Waals surface area (Å²) in [5, 5.41) is 5.85. The zero-order valence-corrected chi connectivity index (χ0v) is 16.1. The van der Waals surface area contributed by atoms with Gasteiger partial charge in [0.2, 0.25) is 0 Å². The summed E-state index contributed by atoms with van der Waals surface area (Å²) >= 11 is 0. The first-order chi connectivity index (χ1) is 14.4. The number of hydrogen-bond acceptors (Lipinski definition) is 3. The molecule has 0 amide bonds. The van der Waals surface area contributed by atoms with Crippen LogP contribution in [0.1, 0.15) is 23.6 Å². The third-order valence-corrected chi connectivity index (χ3v) is 4.17. The third-order valence-electron chi connectivity index (χ3n) is 4.17. The topological polar surface area (TPSA) is 67.1 Å². The van der Waals surface area contributed by atoms with E-state index < -0.39 is 17.6 Å². The van der Waals surface area contributed by atoms with Gasteiger partial charge in [-0.3, -0.25) is 4.57 Å². The van der Waals surface area contributed by atoms with Crippen molar-refractivity contribution in [3.05, 3.63) is 77.8 Å². The molecule has 0 spiro atoms. The SMILES string of the molecule is CCNC(=NCc1ccnc(-n2ccnc2)c1)NCc1ccc(F)cc1C(F)(F)F. The number of alkyl halides is 3. The number of hydrogen-bond donors (Lipinski definition) is 2. The summed E-state index contributed by atoms with van der Waals surface area (Å²) in [4.78, 5) is 12.7. The highest BCUT2D eigenvalue weighted by atomic mass is 19.4. The van der Waals surface area contributed by atoms with Crippen molar-refractivity contribution in [3.8, 4) is 5.82 Å². The zero-order chi connectivity index (χ0) is 21.6. The van der Waals surface area contributed by atoms with Crippen molar-refractivity contribution in [3.63, 3.8) is 0 Å². The van der Waals surface area contributed by atoms with Crippen molar-refractivity contribution in [1.82, 2.24) is 25.2 Å². The molecule has 2 aromatic heterocycles. The molecule has 0 aliphatic heterocycles. The summed E-state index contributed by atoms with van der Waals surface area (Å²) in [6.45, 7) is 2.50. The van der Waals surface area contributed by atoms with E-state index in [2.05, 4.69) is 25.6 Å². The van der Waals surface area contributed by atoms with Crippen LogP contribution in [0, 0.1) is 5.82 Å². The molecule has 3 aromatic rings. The van der Waals surface area contributed by atoms with E-state index >= 15 is 0 Å². The maximum atomic E-state index is 13.3. The zero-order valence-electron chi connectivity index (χ0n) is 16.1. The molecule has 0 fully saturated rings. The molecule has 0 bridgehead atoms. The van der Waals surface area contributed by atoms with Crippen LogP contribution in [0.2, 0.25) is 0 Å². The number of nitrogens with zero attached hydrogens (tertiary/aromatic N) is 4. The smallest absolute Gasteiger partial charge is 0.357 e. The molecule has 0 aliphatic carbocycles. The minimum Gasteiger partial charge on any atom is -0.357 e. The number of guanidine groups is 1. The van der Waals surface area contributed by atoms with Gasteiger partial charge < -0.3 is 10.6 Å². The van der Waals surface area contributed by atoms with Crippen LogP contribution < -0.4 is 10.6 Å². The molecular formula is C20H20F4N6. The van der Waals surface area contributed by atoms with Crippen molar-refractivity contribution < 1.29 is 17.6 Å². The van der Waals surface area contributed by atoms with Gasteiger partial charge in [-0.1, -0.05) is 6.07 Å². The summed E-state index contributed by atoms with van der Waals surface area (Å²) < 4.78 is 54.5. The second-order valence-electron chi connectivity index (χ2n) is 6.34. The molecule has 0 aliphatic rings. The van der Waals surface area contributed by atoms with Crippen LogP contribution in [0.5, 0.6) is 0 Å². The maximum absolute atomic E-state index is 13.3. The number of aliphatic imine (C=N–C) groups is 1. The average molecular weight is 420 g/mol. The molecule has 2 N–H and O–H groups in total. The van der Waals surface area contributed by atoms with Crippen LogP contribution in [0.25, 0.3) is 5.82 Å². The van der Waals surface area contributed by atoms with E-state index in [1.165, 1.54) is 0 Å². The fourth-order valence-corrected chi connectivity index (χ4v) is 2.75. The molecule has 0 saturated carbocycles. The molecule has 0 saturated heterocycles. The molecule has 3 rings (SSSR count). The van der Waals surface area contributed by atoms with Gasteiger partial charge in [-0.25, -0.2) is 19.4 Å². The highest BCUT2D eigenvalue weighted by molar-refractivity contribution is 5.79. The monoisotopic (exact) mass is 420 g/mol. The predicted molar refractivity (Wildman–Crippen MR) is 104 cm³/mol. The van der Waals surface area contributed by atoms with E-state index in [0.717, 1.165) is 17.7 Å². The Morgan fingerprint density at radius 3 is 2.67 bits per heavy atom. The lowest BCUT2D eigenvalue weighted by Crippen LogP contribution is -2.37. The van der Waals surface area contributed by atoms with E-state index in [1.54, 1.807) is 35.6 Å². The Morgan fingerprint density at radius 1 is 1.13 bits per heavy atom. The number of imidazole rings is 1.